The zero-order valence-corrected chi connectivity index (χ0v) is 14.0. The van der Waals surface area contributed by atoms with Crippen LogP contribution < -0.4 is 5.32 Å². The number of halogens is 5. The number of benzene rings is 1. The second kappa shape index (κ2) is 8.24. The van der Waals surface area contributed by atoms with E-state index in [2.05, 4.69) is 10.3 Å². The van der Waals surface area contributed by atoms with Crippen LogP contribution in [0, 0.1) is 0 Å². The first-order valence-electron chi connectivity index (χ1n) is 7.11. The van der Waals surface area contributed by atoms with Crippen molar-refractivity contribution in [1.82, 2.24) is 15.2 Å². The fourth-order valence-electron chi connectivity index (χ4n) is 2.95. The lowest BCUT2D eigenvalue weighted by molar-refractivity contribution is -0.148. The number of hydrogen-bond donors (Lipinski definition) is 2. The minimum absolute atomic E-state index is 0. The van der Waals surface area contributed by atoms with E-state index in [1.807, 2.05) is 23.1 Å². The monoisotopic (exact) mass is 369 g/mol. The van der Waals surface area contributed by atoms with Gasteiger partial charge in [-0.2, -0.15) is 13.2 Å². The van der Waals surface area contributed by atoms with Gasteiger partial charge in [0.1, 0.15) is 0 Å². The molecule has 2 aromatic rings. The standard InChI is InChI=1S/C15H18F3N3.2ClH/c16-15(17,18)10-14(21-7-5-19-6-8-21)12-1-2-13-11(9-12)3-4-20-13;;/h1-4,9,14,19-20H,5-8,10H2;2*1H/t14-;;/m1../s1. The third kappa shape index (κ3) is 5.01. The molecule has 1 fully saturated rings. The summed E-state index contributed by atoms with van der Waals surface area (Å²) in [6.07, 6.45) is -3.16. The van der Waals surface area contributed by atoms with Crippen molar-refractivity contribution in [2.24, 2.45) is 0 Å². The highest BCUT2D eigenvalue weighted by molar-refractivity contribution is 5.85. The van der Waals surface area contributed by atoms with Crippen LogP contribution in [0.3, 0.4) is 0 Å². The highest BCUT2D eigenvalue weighted by Crippen LogP contribution is 2.35. The lowest BCUT2D eigenvalue weighted by Crippen LogP contribution is -2.46. The van der Waals surface area contributed by atoms with Gasteiger partial charge in [0.05, 0.1) is 6.42 Å². The number of piperazine rings is 1. The first kappa shape index (κ1) is 20.1. The van der Waals surface area contributed by atoms with Gasteiger partial charge in [-0.15, -0.1) is 24.8 Å². The van der Waals surface area contributed by atoms with Gasteiger partial charge in [0, 0.05) is 43.9 Å². The largest absolute Gasteiger partial charge is 0.390 e. The van der Waals surface area contributed by atoms with E-state index in [0.717, 1.165) is 29.6 Å². The van der Waals surface area contributed by atoms with Gasteiger partial charge in [-0.05, 0) is 29.1 Å². The molecule has 2 heterocycles. The van der Waals surface area contributed by atoms with Crippen molar-refractivity contribution in [3.63, 3.8) is 0 Å². The topological polar surface area (TPSA) is 31.1 Å². The van der Waals surface area contributed by atoms with Crippen LogP contribution >= 0.6 is 24.8 Å². The molecule has 1 saturated heterocycles. The van der Waals surface area contributed by atoms with Gasteiger partial charge in [-0.25, -0.2) is 0 Å². The summed E-state index contributed by atoms with van der Waals surface area (Å²) in [5.41, 5.74) is 1.69. The third-order valence-corrected chi connectivity index (χ3v) is 3.98. The van der Waals surface area contributed by atoms with Gasteiger partial charge in [0.15, 0.2) is 0 Å². The van der Waals surface area contributed by atoms with Gasteiger partial charge in [0.2, 0.25) is 0 Å². The smallest absolute Gasteiger partial charge is 0.361 e. The maximum absolute atomic E-state index is 13.0. The Bertz CT molecular complexity index is 609. The molecule has 23 heavy (non-hydrogen) atoms. The molecule has 2 N–H and O–H groups in total. The molecule has 0 saturated carbocycles. The number of fused-ring (bicyclic) bond motifs is 1. The summed E-state index contributed by atoms with van der Waals surface area (Å²) < 4.78 is 38.9. The van der Waals surface area contributed by atoms with E-state index >= 15 is 0 Å². The van der Waals surface area contributed by atoms with Crippen LogP contribution in [0.25, 0.3) is 10.9 Å². The molecular formula is C15H20Cl2F3N3. The Morgan fingerprint density at radius 1 is 1.09 bits per heavy atom. The fraction of sp³-hybridized carbons (Fsp3) is 0.467. The molecule has 1 aliphatic heterocycles. The Morgan fingerprint density at radius 3 is 2.43 bits per heavy atom. The highest BCUT2D eigenvalue weighted by Gasteiger charge is 2.35. The van der Waals surface area contributed by atoms with Crippen molar-refractivity contribution in [2.75, 3.05) is 26.2 Å². The van der Waals surface area contributed by atoms with Crippen molar-refractivity contribution in [3.8, 4) is 0 Å². The van der Waals surface area contributed by atoms with Crippen LogP contribution in [0.2, 0.25) is 0 Å². The molecule has 0 bridgehead atoms. The fourth-order valence-corrected chi connectivity index (χ4v) is 2.95. The zero-order chi connectivity index (χ0) is 14.9. The van der Waals surface area contributed by atoms with E-state index in [4.69, 9.17) is 0 Å². The predicted molar refractivity (Wildman–Crippen MR) is 90.7 cm³/mol. The lowest BCUT2D eigenvalue weighted by atomic mass is 9.99. The quantitative estimate of drug-likeness (QED) is 0.859. The maximum Gasteiger partial charge on any atom is 0.390 e. The third-order valence-electron chi connectivity index (χ3n) is 3.98. The van der Waals surface area contributed by atoms with Crippen molar-refractivity contribution in [2.45, 2.75) is 18.6 Å². The predicted octanol–water partition coefficient (Wildman–Crippen LogP) is 3.91. The van der Waals surface area contributed by atoms with Gasteiger partial charge in [-0.1, -0.05) is 6.07 Å². The number of hydrogen-bond acceptors (Lipinski definition) is 2. The summed E-state index contributed by atoms with van der Waals surface area (Å²) in [5, 5.41) is 4.13. The van der Waals surface area contributed by atoms with Crippen LogP contribution in [-0.4, -0.2) is 42.2 Å². The number of alkyl halides is 3. The van der Waals surface area contributed by atoms with E-state index in [1.54, 1.807) is 12.3 Å². The van der Waals surface area contributed by atoms with Gasteiger partial charge >= 0.3 is 6.18 Å². The molecule has 0 spiro atoms. The van der Waals surface area contributed by atoms with Crippen LogP contribution in [0.5, 0.6) is 0 Å². The molecule has 1 aliphatic rings. The van der Waals surface area contributed by atoms with E-state index < -0.39 is 18.6 Å². The number of aromatic nitrogens is 1. The van der Waals surface area contributed by atoms with E-state index in [1.165, 1.54) is 0 Å². The molecule has 3 nitrogen and oxygen atoms in total. The Labute approximate surface area is 145 Å². The first-order valence-corrected chi connectivity index (χ1v) is 7.11. The van der Waals surface area contributed by atoms with Crippen LogP contribution in [0.15, 0.2) is 30.5 Å². The minimum atomic E-state index is -4.16. The average Bonchev–Trinajstić information content (AvgIpc) is 2.92. The second-order valence-electron chi connectivity index (χ2n) is 5.45. The van der Waals surface area contributed by atoms with E-state index in [0.29, 0.717) is 13.1 Å². The van der Waals surface area contributed by atoms with Crippen molar-refractivity contribution >= 4 is 35.7 Å². The van der Waals surface area contributed by atoms with Crippen LogP contribution in [-0.2, 0) is 0 Å². The Morgan fingerprint density at radius 2 is 1.78 bits per heavy atom. The van der Waals surface area contributed by atoms with Crippen molar-refractivity contribution < 1.29 is 13.2 Å². The van der Waals surface area contributed by atoms with E-state index in [-0.39, 0.29) is 24.8 Å². The summed E-state index contributed by atoms with van der Waals surface area (Å²) in [6, 6.07) is 6.81. The van der Waals surface area contributed by atoms with E-state index in [9.17, 15) is 13.2 Å². The first-order chi connectivity index (χ1) is 10.0. The Hall–Kier alpha value is -0.950. The minimum Gasteiger partial charge on any atom is -0.361 e. The summed E-state index contributed by atoms with van der Waals surface area (Å²) in [7, 11) is 0. The summed E-state index contributed by atoms with van der Waals surface area (Å²) in [4.78, 5) is 5.00. The summed E-state index contributed by atoms with van der Waals surface area (Å²) >= 11 is 0. The van der Waals surface area contributed by atoms with Crippen molar-refractivity contribution in [3.05, 3.63) is 36.0 Å². The lowest BCUT2D eigenvalue weighted by Gasteiger charge is -2.35. The molecule has 1 aromatic carbocycles. The number of nitrogens with zero attached hydrogens (tertiary/aromatic N) is 1. The van der Waals surface area contributed by atoms with Crippen LogP contribution in [0.4, 0.5) is 13.2 Å². The molecule has 0 amide bonds. The van der Waals surface area contributed by atoms with Gasteiger partial charge in [-0.3, -0.25) is 4.90 Å². The molecule has 0 radical (unpaired) electrons. The zero-order valence-electron chi connectivity index (χ0n) is 12.4. The maximum atomic E-state index is 13.0. The summed E-state index contributed by atoms with van der Waals surface area (Å²) in [5.74, 6) is 0. The molecule has 130 valence electrons. The van der Waals surface area contributed by atoms with Gasteiger partial charge in [0.25, 0.3) is 0 Å². The number of nitrogens with one attached hydrogen (secondary N) is 2. The summed E-state index contributed by atoms with van der Waals surface area (Å²) in [6.45, 7) is 2.76. The van der Waals surface area contributed by atoms with Crippen molar-refractivity contribution in [1.29, 1.82) is 0 Å². The molecule has 0 aliphatic carbocycles. The highest BCUT2D eigenvalue weighted by atomic mass is 35.5. The number of H-pyrrole nitrogens is 1. The number of rotatable bonds is 3. The number of aromatic amines is 1. The Kier molecular flexibility index (Phi) is 7.20. The molecule has 8 heteroatoms. The molecule has 3 rings (SSSR count). The Balaban J connectivity index is 0.00000132. The average molecular weight is 370 g/mol. The molecule has 1 aromatic heterocycles. The molecule has 0 unspecified atom stereocenters. The van der Waals surface area contributed by atoms with Gasteiger partial charge < -0.3 is 10.3 Å². The normalized spacial score (nSPS) is 17.3. The second-order valence-corrected chi connectivity index (χ2v) is 5.45. The molecular weight excluding hydrogens is 350 g/mol. The van der Waals surface area contributed by atoms with Crippen LogP contribution in [0.1, 0.15) is 18.0 Å². The molecule has 1 atom stereocenters. The SMILES string of the molecule is Cl.Cl.FC(F)(F)C[C@H](c1ccc2[nH]ccc2c1)N1CCNCC1.